The zero-order chi connectivity index (χ0) is 12.5. The van der Waals surface area contributed by atoms with E-state index in [4.69, 9.17) is 4.74 Å². The lowest BCUT2D eigenvalue weighted by Gasteiger charge is -2.38. The molecule has 1 nitrogen and oxygen atoms in total. The van der Waals surface area contributed by atoms with E-state index in [1.54, 1.807) is 11.3 Å². The van der Waals surface area contributed by atoms with Gasteiger partial charge in [0.05, 0.1) is 16.5 Å². The molecule has 96 valence electrons. The van der Waals surface area contributed by atoms with Crippen molar-refractivity contribution in [2.45, 2.75) is 52.7 Å². The van der Waals surface area contributed by atoms with E-state index in [0.29, 0.717) is 11.5 Å². The number of rotatable bonds is 3. The van der Waals surface area contributed by atoms with Crippen LogP contribution in [0.25, 0.3) is 0 Å². The van der Waals surface area contributed by atoms with Gasteiger partial charge in [-0.25, -0.2) is 0 Å². The van der Waals surface area contributed by atoms with E-state index in [1.165, 1.54) is 27.9 Å². The first-order valence-electron chi connectivity index (χ1n) is 6.30. The third-order valence-corrected chi connectivity index (χ3v) is 5.03. The minimum absolute atomic E-state index is 0.439. The summed E-state index contributed by atoms with van der Waals surface area (Å²) in [5.41, 5.74) is 0.443. The average molecular weight is 317 g/mol. The molecule has 2 rings (SSSR count). The standard InChI is InChI=1S/C14H21BrOS/c1-10-6-11(8-14(2,3)7-10)16-9-12-4-5-13(15)17-12/h4-5,10-11H,6-9H2,1-3H3. The Morgan fingerprint density at radius 2 is 2.18 bits per heavy atom. The van der Waals surface area contributed by atoms with Crippen molar-refractivity contribution in [2.75, 3.05) is 0 Å². The molecule has 1 aromatic rings. The number of ether oxygens (including phenoxy) is 1. The molecule has 0 bridgehead atoms. The Bertz CT molecular complexity index is 372. The van der Waals surface area contributed by atoms with E-state index in [9.17, 15) is 0 Å². The molecule has 0 aromatic carbocycles. The molecule has 0 spiro atoms. The van der Waals surface area contributed by atoms with Gasteiger partial charge in [-0.2, -0.15) is 0 Å². The minimum Gasteiger partial charge on any atom is -0.373 e. The molecule has 1 fully saturated rings. The predicted octanol–water partition coefficient (Wildman–Crippen LogP) is 5.24. The first-order chi connectivity index (χ1) is 7.94. The Labute approximate surface area is 117 Å². The van der Waals surface area contributed by atoms with Crippen molar-refractivity contribution in [3.8, 4) is 0 Å². The molecule has 1 aliphatic rings. The van der Waals surface area contributed by atoms with Crippen LogP contribution in [0, 0.1) is 11.3 Å². The van der Waals surface area contributed by atoms with Gasteiger partial charge in [0, 0.05) is 4.88 Å². The summed E-state index contributed by atoms with van der Waals surface area (Å²) >= 11 is 5.26. The molecule has 0 aliphatic heterocycles. The summed E-state index contributed by atoms with van der Waals surface area (Å²) in [5, 5.41) is 0. The van der Waals surface area contributed by atoms with Crippen molar-refractivity contribution >= 4 is 27.3 Å². The lowest BCUT2D eigenvalue weighted by Crippen LogP contribution is -2.32. The zero-order valence-electron chi connectivity index (χ0n) is 10.8. The van der Waals surface area contributed by atoms with E-state index in [1.807, 2.05) is 0 Å². The monoisotopic (exact) mass is 316 g/mol. The number of hydrogen-bond donors (Lipinski definition) is 0. The largest absolute Gasteiger partial charge is 0.373 e. The van der Waals surface area contributed by atoms with Crippen molar-refractivity contribution in [2.24, 2.45) is 11.3 Å². The first kappa shape index (κ1) is 13.6. The maximum absolute atomic E-state index is 6.08. The van der Waals surface area contributed by atoms with Crippen molar-refractivity contribution in [3.63, 3.8) is 0 Å². The maximum atomic E-state index is 6.08. The third kappa shape index (κ3) is 4.08. The van der Waals surface area contributed by atoms with Gasteiger partial charge in [0.1, 0.15) is 0 Å². The van der Waals surface area contributed by atoms with Gasteiger partial charge in [-0.15, -0.1) is 11.3 Å². The number of thiophene rings is 1. The van der Waals surface area contributed by atoms with Crippen molar-refractivity contribution in [1.29, 1.82) is 0 Å². The SMILES string of the molecule is CC1CC(OCc2ccc(Br)s2)CC(C)(C)C1. The molecule has 0 amide bonds. The van der Waals surface area contributed by atoms with Gasteiger partial charge in [0.25, 0.3) is 0 Å². The van der Waals surface area contributed by atoms with E-state index >= 15 is 0 Å². The third-order valence-electron chi connectivity index (χ3n) is 3.44. The van der Waals surface area contributed by atoms with Crippen LogP contribution in [0.5, 0.6) is 0 Å². The summed E-state index contributed by atoms with van der Waals surface area (Å²) in [6.45, 7) is 7.84. The van der Waals surface area contributed by atoms with Crippen LogP contribution in [0.2, 0.25) is 0 Å². The van der Waals surface area contributed by atoms with E-state index < -0.39 is 0 Å². The van der Waals surface area contributed by atoms with Gasteiger partial charge in [-0.1, -0.05) is 20.8 Å². The van der Waals surface area contributed by atoms with E-state index in [0.717, 1.165) is 12.5 Å². The van der Waals surface area contributed by atoms with Crippen molar-refractivity contribution in [1.82, 2.24) is 0 Å². The molecular formula is C14H21BrOS. The lowest BCUT2D eigenvalue weighted by molar-refractivity contribution is -0.0306. The summed E-state index contributed by atoms with van der Waals surface area (Å²) < 4.78 is 7.27. The average Bonchev–Trinajstić information content (AvgIpc) is 2.58. The van der Waals surface area contributed by atoms with Crippen LogP contribution in [0.4, 0.5) is 0 Å². The highest BCUT2D eigenvalue weighted by Gasteiger charge is 2.32. The molecule has 0 radical (unpaired) electrons. The van der Waals surface area contributed by atoms with Gasteiger partial charge >= 0.3 is 0 Å². The van der Waals surface area contributed by atoms with Gasteiger partial charge in [-0.3, -0.25) is 0 Å². The fourth-order valence-electron chi connectivity index (χ4n) is 3.01. The highest BCUT2D eigenvalue weighted by atomic mass is 79.9. The fourth-order valence-corrected chi connectivity index (χ4v) is 4.42. The van der Waals surface area contributed by atoms with E-state index in [-0.39, 0.29) is 0 Å². The predicted molar refractivity (Wildman–Crippen MR) is 77.4 cm³/mol. The molecular weight excluding hydrogens is 296 g/mol. The second-order valence-corrected chi connectivity index (χ2v) is 8.60. The fraction of sp³-hybridized carbons (Fsp3) is 0.714. The molecule has 1 heterocycles. The Morgan fingerprint density at radius 3 is 2.76 bits per heavy atom. The molecule has 1 aromatic heterocycles. The first-order valence-corrected chi connectivity index (χ1v) is 7.91. The quantitative estimate of drug-likeness (QED) is 0.740. The molecule has 2 unspecified atom stereocenters. The molecule has 3 heteroatoms. The summed E-state index contributed by atoms with van der Waals surface area (Å²) in [7, 11) is 0. The molecule has 2 atom stereocenters. The van der Waals surface area contributed by atoms with Crippen LogP contribution < -0.4 is 0 Å². The second-order valence-electron chi connectivity index (χ2n) is 6.05. The van der Waals surface area contributed by atoms with Crippen LogP contribution in [0.3, 0.4) is 0 Å². The van der Waals surface area contributed by atoms with Gasteiger partial charge in [0.15, 0.2) is 0 Å². The van der Waals surface area contributed by atoms with Crippen LogP contribution in [-0.4, -0.2) is 6.10 Å². The molecule has 1 saturated carbocycles. The topological polar surface area (TPSA) is 9.23 Å². The second kappa shape index (κ2) is 5.41. The Morgan fingerprint density at radius 1 is 1.41 bits per heavy atom. The highest BCUT2D eigenvalue weighted by Crippen LogP contribution is 2.40. The Hall–Kier alpha value is 0.140. The summed E-state index contributed by atoms with van der Waals surface area (Å²) in [5.74, 6) is 0.791. The summed E-state index contributed by atoms with van der Waals surface area (Å²) in [6.07, 6.45) is 4.19. The van der Waals surface area contributed by atoms with Crippen molar-refractivity contribution in [3.05, 3.63) is 20.8 Å². The Balaban J connectivity index is 1.86. The van der Waals surface area contributed by atoms with Gasteiger partial charge in [0.2, 0.25) is 0 Å². The molecule has 1 aliphatic carbocycles. The van der Waals surface area contributed by atoms with Crippen LogP contribution in [-0.2, 0) is 11.3 Å². The number of halogens is 1. The number of hydrogen-bond acceptors (Lipinski definition) is 2. The zero-order valence-corrected chi connectivity index (χ0v) is 13.2. The maximum Gasteiger partial charge on any atom is 0.0813 e. The molecule has 0 N–H and O–H groups in total. The van der Waals surface area contributed by atoms with E-state index in [2.05, 4.69) is 48.8 Å². The minimum atomic E-state index is 0.439. The molecule has 0 saturated heterocycles. The smallest absolute Gasteiger partial charge is 0.0813 e. The summed E-state index contributed by atoms with van der Waals surface area (Å²) in [6, 6.07) is 4.24. The lowest BCUT2D eigenvalue weighted by atomic mass is 9.71. The Kier molecular flexibility index (Phi) is 4.32. The normalized spacial score (nSPS) is 28.2. The van der Waals surface area contributed by atoms with Crippen LogP contribution >= 0.6 is 27.3 Å². The van der Waals surface area contributed by atoms with Crippen LogP contribution in [0.15, 0.2) is 15.9 Å². The highest BCUT2D eigenvalue weighted by molar-refractivity contribution is 9.11. The van der Waals surface area contributed by atoms with Crippen LogP contribution in [0.1, 0.15) is 44.9 Å². The van der Waals surface area contributed by atoms with Gasteiger partial charge in [-0.05, 0) is 58.7 Å². The van der Waals surface area contributed by atoms with Gasteiger partial charge < -0.3 is 4.74 Å². The molecule has 17 heavy (non-hydrogen) atoms. The van der Waals surface area contributed by atoms with Crippen molar-refractivity contribution < 1.29 is 4.74 Å². The summed E-state index contributed by atoms with van der Waals surface area (Å²) in [4.78, 5) is 1.31.